The normalized spacial score (nSPS) is 19.6. The molecule has 17 heavy (non-hydrogen) atoms. The van der Waals surface area contributed by atoms with E-state index in [-0.39, 0.29) is 5.91 Å². The Morgan fingerprint density at radius 1 is 1.71 bits per heavy atom. The topological polar surface area (TPSA) is 42.4 Å². The number of hydrogen-bond donors (Lipinski definition) is 0. The second kappa shape index (κ2) is 5.60. The SMILES string of the molecule is COCC1CCN(C(=O)c2ccnc(Br)c2)C1. The van der Waals surface area contributed by atoms with Crippen molar-refractivity contribution in [1.29, 1.82) is 0 Å². The molecule has 0 saturated carbocycles. The molecule has 4 nitrogen and oxygen atoms in total. The van der Waals surface area contributed by atoms with Crippen LogP contribution in [-0.4, -0.2) is 42.6 Å². The van der Waals surface area contributed by atoms with Gasteiger partial charge in [0.15, 0.2) is 0 Å². The number of nitrogens with zero attached hydrogens (tertiary/aromatic N) is 2. The van der Waals surface area contributed by atoms with E-state index in [4.69, 9.17) is 4.74 Å². The highest BCUT2D eigenvalue weighted by Crippen LogP contribution is 2.19. The van der Waals surface area contributed by atoms with E-state index in [2.05, 4.69) is 20.9 Å². The van der Waals surface area contributed by atoms with Crippen LogP contribution in [-0.2, 0) is 4.74 Å². The molecule has 1 aliphatic heterocycles. The van der Waals surface area contributed by atoms with Crippen molar-refractivity contribution in [2.24, 2.45) is 5.92 Å². The van der Waals surface area contributed by atoms with Crippen LogP contribution in [0.4, 0.5) is 0 Å². The molecule has 0 aromatic carbocycles. The fraction of sp³-hybridized carbons (Fsp3) is 0.500. The van der Waals surface area contributed by atoms with Gasteiger partial charge < -0.3 is 9.64 Å². The maximum absolute atomic E-state index is 12.2. The summed E-state index contributed by atoms with van der Waals surface area (Å²) in [6.45, 7) is 2.32. The Morgan fingerprint density at radius 2 is 2.53 bits per heavy atom. The Kier molecular flexibility index (Phi) is 4.12. The Bertz CT molecular complexity index is 411. The summed E-state index contributed by atoms with van der Waals surface area (Å²) in [5.41, 5.74) is 0.685. The second-order valence-corrected chi connectivity index (χ2v) is 5.04. The van der Waals surface area contributed by atoms with Gasteiger partial charge in [0.2, 0.25) is 0 Å². The average Bonchev–Trinajstić information content (AvgIpc) is 2.77. The number of hydrogen-bond acceptors (Lipinski definition) is 3. The van der Waals surface area contributed by atoms with Crippen molar-refractivity contribution in [2.45, 2.75) is 6.42 Å². The number of aromatic nitrogens is 1. The van der Waals surface area contributed by atoms with Crippen LogP contribution in [0, 0.1) is 5.92 Å². The Labute approximate surface area is 109 Å². The molecule has 2 heterocycles. The van der Waals surface area contributed by atoms with Gasteiger partial charge in [-0.25, -0.2) is 4.98 Å². The van der Waals surface area contributed by atoms with Crippen LogP contribution in [0.1, 0.15) is 16.8 Å². The van der Waals surface area contributed by atoms with Gasteiger partial charge >= 0.3 is 0 Å². The summed E-state index contributed by atoms with van der Waals surface area (Å²) in [6, 6.07) is 3.50. The number of pyridine rings is 1. The summed E-state index contributed by atoms with van der Waals surface area (Å²) >= 11 is 3.27. The molecule has 5 heteroatoms. The van der Waals surface area contributed by atoms with Crippen LogP contribution < -0.4 is 0 Å². The van der Waals surface area contributed by atoms with E-state index in [1.54, 1.807) is 25.4 Å². The number of ether oxygens (including phenoxy) is 1. The van der Waals surface area contributed by atoms with Gasteiger partial charge in [0.05, 0.1) is 6.61 Å². The maximum atomic E-state index is 12.2. The first-order chi connectivity index (χ1) is 8.20. The van der Waals surface area contributed by atoms with Crippen LogP contribution in [0.3, 0.4) is 0 Å². The van der Waals surface area contributed by atoms with Crippen LogP contribution in [0.25, 0.3) is 0 Å². The molecule has 0 N–H and O–H groups in total. The fourth-order valence-electron chi connectivity index (χ4n) is 2.11. The Balaban J connectivity index is 2.02. The summed E-state index contributed by atoms with van der Waals surface area (Å²) in [5, 5.41) is 0. The first-order valence-electron chi connectivity index (χ1n) is 5.60. The fourth-order valence-corrected chi connectivity index (χ4v) is 2.47. The van der Waals surface area contributed by atoms with E-state index < -0.39 is 0 Å². The van der Waals surface area contributed by atoms with Gasteiger partial charge in [-0.2, -0.15) is 0 Å². The van der Waals surface area contributed by atoms with Crippen molar-refractivity contribution < 1.29 is 9.53 Å². The first kappa shape index (κ1) is 12.5. The molecule has 0 radical (unpaired) electrons. The van der Waals surface area contributed by atoms with Gasteiger partial charge in [0.25, 0.3) is 5.91 Å². The summed E-state index contributed by atoms with van der Waals surface area (Å²) in [7, 11) is 1.70. The quantitative estimate of drug-likeness (QED) is 0.801. The smallest absolute Gasteiger partial charge is 0.254 e. The molecule has 1 unspecified atom stereocenters. The minimum Gasteiger partial charge on any atom is -0.384 e. The zero-order valence-electron chi connectivity index (χ0n) is 9.73. The van der Waals surface area contributed by atoms with Gasteiger partial charge in [0, 0.05) is 37.9 Å². The lowest BCUT2D eigenvalue weighted by Crippen LogP contribution is -2.29. The van der Waals surface area contributed by atoms with Crippen molar-refractivity contribution in [1.82, 2.24) is 9.88 Å². The number of carbonyl (C=O) groups is 1. The van der Waals surface area contributed by atoms with Crippen LogP contribution >= 0.6 is 15.9 Å². The number of rotatable bonds is 3. The molecular formula is C12H15BrN2O2. The van der Waals surface area contributed by atoms with Crippen LogP contribution in [0.15, 0.2) is 22.9 Å². The predicted molar refractivity (Wildman–Crippen MR) is 67.8 cm³/mol. The van der Waals surface area contributed by atoms with Crippen molar-refractivity contribution in [3.63, 3.8) is 0 Å². The number of halogens is 1. The third kappa shape index (κ3) is 3.04. The molecule has 92 valence electrons. The average molecular weight is 299 g/mol. The van der Waals surface area contributed by atoms with Crippen molar-refractivity contribution >= 4 is 21.8 Å². The maximum Gasteiger partial charge on any atom is 0.254 e. The lowest BCUT2D eigenvalue weighted by molar-refractivity contribution is 0.0775. The third-order valence-corrected chi connectivity index (χ3v) is 3.38. The minimum atomic E-state index is 0.0757. The highest BCUT2D eigenvalue weighted by Gasteiger charge is 2.26. The summed E-state index contributed by atoms with van der Waals surface area (Å²) in [5.74, 6) is 0.543. The van der Waals surface area contributed by atoms with Gasteiger partial charge in [-0.3, -0.25) is 4.79 Å². The van der Waals surface area contributed by atoms with E-state index in [9.17, 15) is 4.79 Å². The number of methoxy groups -OCH3 is 1. The van der Waals surface area contributed by atoms with Crippen LogP contribution in [0.5, 0.6) is 0 Å². The van der Waals surface area contributed by atoms with E-state index >= 15 is 0 Å². The highest BCUT2D eigenvalue weighted by atomic mass is 79.9. The molecular weight excluding hydrogens is 284 g/mol. The number of amides is 1. The second-order valence-electron chi connectivity index (χ2n) is 4.23. The lowest BCUT2D eigenvalue weighted by Gasteiger charge is -2.16. The third-order valence-electron chi connectivity index (χ3n) is 2.95. The van der Waals surface area contributed by atoms with Crippen molar-refractivity contribution in [2.75, 3.05) is 26.8 Å². The van der Waals surface area contributed by atoms with Crippen molar-refractivity contribution in [3.05, 3.63) is 28.5 Å². The Hall–Kier alpha value is -0.940. The summed E-state index contributed by atoms with van der Waals surface area (Å²) < 4.78 is 5.81. The number of carbonyl (C=O) groups excluding carboxylic acids is 1. The molecule has 1 aliphatic rings. The molecule has 0 aliphatic carbocycles. The zero-order chi connectivity index (χ0) is 12.3. The lowest BCUT2D eigenvalue weighted by atomic mass is 10.1. The molecule has 2 rings (SSSR count). The minimum absolute atomic E-state index is 0.0757. The molecule has 1 saturated heterocycles. The van der Waals surface area contributed by atoms with Crippen molar-refractivity contribution in [3.8, 4) is 0 Å². The molecule has 1 aromatic heterocycles. The zero-order valence-corrected chi connectivity index (χ0v) is 11.3. The first-order valence-corrected chi connectivity index (χ1v) is 6.39. The van der Waals surface area contributed by atoms with Gasteiger partial charge in [0.1, 0.15) is 4.60 Å². The van der Waals surface area contributed by atoms with Gasteiger partial charge in [-0.05, 0) is 34.5 Å². The largest absolute Gasteiger partial charge is 0.384 e. The van der Waals surface area contributed by atoms with E-state index in [0.717, 1.165) is 26.1 Å². The summed E-state index contributed by atoms with van der Waals surface area (Å²) in [6.07, 6.45) is 2.66. The molecule has 1 amide bonds. The van der Waals surface area contributed by atoms with Crippen LogP contribution in [0.2, 0.25) is 0 Å². The molecule has 1 fully saturated rings. The molecule has 0 bridgehead atoms. The highest BCUT2D eigenvalue weighted by molar-refractivity contribution is 9.10. The monoisotopic (exact) mass is 298 g/mol. The Morgan fingerprint density at radius 3 is 3.24 bits per heavy atom. The standard InChI is InChI=1S/C12H15BrN2O2/c1-17-8-9-3-5-15(7-9)12(16)10-2-4-14-11(13)6-10/h2,4,6,9H,3,5,7-8H2,1H3. The molecule has 0 spiro atoms. The molecule has 1 aromatic rings. The van der Waals surface area contributed by atoms with E-state index in [1.165, 1.54) is 0 Å². The summed E-state index contributed by atoms with van der Waals surface area (Å²) in [4.78, 5) is 18.1. The van der Waals surface area contributed by atoms with E-state index in [1.807, 2.05) is 4.90 Å². The molecule has 1 atom stereocenters. The number of likely N-dealkylation sites (tertiary alicyclic amines) is 1. The van der Waals surface area contributed by atoms with Gasteiger partial charge in [-0.15, -0.1) is 0 Å². The van der Waals surface area contributed by atoms with E-state index in [0.29, 0.717) is 16.1 Å². The predicted octanol–water partition coefficient (Wildman–Crippen LogP) is 1.95. The van der Waals surface area contributed by atoms with Gasteiger partial charge in [-0.1, -0.05) is 0 Å².